The van der Waals surface area contributed by atoms with Crippen molar-refractivity contribution in [3.8, 4) is 5.75 Å². The van der Waals surface area contributed by atoms with E-state index in [4.69, 9.17) is 16.1 Å². The molecule has 2 aromatic carbocycles. The molecular formula is C16H19ClNO2P. The quantitative estimate of drug-likeness (QED) is 0.709. The first-order valence-electron chi connectivity index (χ1n) is 6.77. The Labute approximate surface area is 130 Å². The van der Waals surface area contributed by atoms with E-state index in [0.717, 1.165) is 0 Å². The van der Waals surface area contributed by atoms with Gasteiger partial charge in [-0.05, 0) is 41.8 Å². The smallest absolute Gasteiger partial charge is 0.338 e. The van der Waals surface area contributed by atoms with Crippen molar-refractivity contribution < 1.29 is 9.09 Å². The highest BCUT2D eigenvalue weighted by atomic mass is 35.5. The van der Waals surface area contributed by atoms with E-state index in [-0.39, 0.29) is 0 Å². The number of nitrogens with one attached hydrogen (secondary N) is 1. The summed E-state index contributed by atoms with van der Waals surface area (Å²) >= 11 is 5.91. The molecule has 0 saturated heterocycles. The summed E-state index contributed by atoms with van der Waals surface area (Å²) < 4.78 is 18.1. The van der Waals surface area contributed by atoms with Gasteiger partial charge in [-0.25, -0.2) is 0 Å². The highest BCUT2D eigenvalue weighted by molar-refractivity contribution is 7.60. The lowest BCUT2D eigenvalue weighted by Gasteiger charge is -2.18. The van der Waals surface area contributed by atoms with Gasteiger partial charge in [-0.2, -0.15) is 0 Å². The van der Waals surface area contributed by atoms with Crippen molar-refractivity contribution in [3.05, 3.63) is 59.1 Å². The van der Waals surface area contributed by atoms with Crippen LogP contribution < -0.4 is 9.61 Å². The van der Waals surface area contributed by atoms with Crippen molar-refractivity contribution in [2.75, 3.05) is 11.8 Å². The Morgan fingerprint density at radius 1 is 1.14 bits per heavy atom. The van der Waals surface area contributed by atoms with E-state index in [1.807, 2.05) is 24.3 Å². The summed E-state index contributed by atoms with van der Waals surface area (Å²) in [6, 6.07) is 14.7. The molecule has 1 atom stereocenters. The molecule has 0 spiro atoms. The molecule has 0 aliphatic rings. The minimum Gasteiger partial charge on any atom is -0.429 e. The van der Waals surface area contributed by atoms with Crippen LogP contribution in [0.1, 0.15) is 25.3 Å². The minimum atomic E-state index is -3.00. The number of benzene rings is 2. The molecule has 112 valence electrons. The molecule has 2 aromatic rings. The molecule has 0 heterocycles. The van der Waals surface area contributed by atoms with Crippen molar-refractivity contribution in [1.29, 1.82) is 0 Å². The minimum absolute atomic E-state index is 0.456. The van der Waals surface area contributed by atoms with E-state index >= 15 is 0 Å². The van der Waals surface area contributed by atoms with Crippen molar-refractivity contribution in [2.45, 2.75) is 19.8 Å². The van der Waals surface area contributed by atoms with E-state index < -0.39 is 7.52 Å². The number of rotatable bonds is 5. The summed E-state index contributed by atoms with van der Waals surface area (Å²) in [5.41, 5.74) is 1.89. The first kappa shape index (κ1) is 15.9. The van der Waals surface area contributed by atoms with Crippen LogP contribution in [0.25, 0.3) is 0 Å². The van der Waals surface area contributed by atoms with Gasteiger partial charge in [0, 0.05) is 17.4 Å². The average Bonchev–Trinajstić information content (AvgIpc) is 2.38. The van der Waals surface area contributed by atoms with Gasteiger partial charge >= 0.3 is 7.52 Å². The molecule has 0 unspecified atom stereocenters. The van der Waals surface area contributed by atoms with Crippen molar-refractivity contribution in [2.24, 2.45) is 0 Å². The molecule has 2 rings (SSSR count). The molecule has 0 fully saturated rings. The second kappa shape index (κ2) is 6.55. The van der Waals surface area contributed by atoms with Gasteiger partial charge in [0.2, 0.25) is 0 Å². The SMILES string of the molecule is CC(C)c1ccc(O[P@](C)(=O)Nc2cccc(Cl)c2)cc1. The number of halogens is 1. The molecule has 21 heavy (non-hydrogen) atoms. The van der Waals surface area contributed by atoms with Crippen LogP contribution in [-0.4, -0.2) is 6.66 Å². The fraction of sp³-hybridized carbons (Fsp3) is 0.250. The van der Waals surface area contributed by atoms with Gasteiger partial charge in [-0.1, -0.05) is 43.6 Å². The molecule has 1 N–H and O–H groups in total. The van der Waals surface area contributed by atoms with Gasteiger partial charge in [-0.3, -0.25) is 4.57 Å². The van der Waals surface area contributed by atoms with Crippen LogP contribution in [-0.2, 0) is 4.57 Å². The summed E-state index contributed by atoms with van der Waals surface area (Å²) in [7, 11) is -3.00. The number of anilines is 1. The Bertz CT molecular complexity index is 656. The van der Waals surface area contributed by atoms with Crippen LogP contribution >= 0.6 is 19.1 Å². The standard InChI is InChI=1S/C16H19ClNO2P/c1-12(2)13-7-9-16(10-8-13)20-21(3,19)18-15-6-4-5-14(17)11-15/h4-12H,1-3H3,(H,18,19)/t21-/m0/s1. The normalized spacial score (nSPS) is 13.8. The molecule has 0 amide bonds. The topological polar surface area (TPSA) is 38.3 Å². The zero-order valence-corrected chi connectivity index (χ0v) is 14.0. The summed E-state index contributed by atoms with van der Waals surface area (Å²) in [4.78, 5) is 0. The first-order valence-corrected chi connectivity index (χ1v) is 9.22. The molecule has 3 nitrogen and oxygen atoms in total. The van der Waals surface area contributed by atoms with Crippen LogP contribution in [0.15, 0.2) is 48.5 Å². The summed E-state index contributed by atoms with van der Waals surface area (Å²) in [6.45, 7) is 5.80. The van der Waals surface area contributed by atoms with Crippen LogP contribution in [0.2, 0.25) is 5.02 Å². The van der Waals surface area contributed by atoms with Gasteiger partial charge < -0.3 is 9.61 Å². The highest BCUT2D eigenvalue weighted by Crippen LogP contribution is 2.43. The van der Waals surface area contributed by atoms with Crippen molar-refractivity contribution in [3.63, 3.8) is 0 Å². The maximum Gasteiger partial charge on any atom is 0.338 e. The number of hydrogen-bond donors (Lipinski definition) is 1. The zero-order valence-electron chi connectivity index (χ0n) is 12.3. The second-order valence-corrected chi connectivity index (χ2v) is 7.82. The van der Waals surface area contributed by atoms with E-state index in [1.54, 1.807) is 30.9 Å². The zero-order chi connectivity index (χ0) is 15.5. The van der Waals surface area contributed by atoms with E-state index in [2.05, 4.69) is 18.9 Å². The maximum absolute atomic E-state index is 12.5. The second-order valence-electron chi connectivity index (χ2n) is 5.28. The van der Waals surface area contributed by atoms with Crippen molar-refractivity contribution >= 4 is 24.8 Å². The molecule has 0 radical (unpaired) electrons. The van der Waals surface area contributed by atoms with Gasteiger partial charge in [0.15, 0.2) is 0 Å². The largest absolute Gasteiger partial charge is 0.429 e. The Kier molecular flexibility index (Phi) is 4.97. The molecule has 0 bridgehead atoms. The summed E-state index contributed by atoms with van der Waals surface area (Å²) in [5, 5.41) is 3.48. The Hall–Kier alpha value is -1.44. The Balaban J connectivity index is 2.08. The lowest BCUT2D eigenvalue weighted by molar-refractivity contribution is 0.493. The Morgan fingerprint density at radius 2 is 1.81 bits per heavy atom. The third-order valence-electron chi connectivity index (χ3n) is 2.98. The summed E-state index contributed by atoms with van der Waals surface area (Å²) in [6.07, 6.45) is 0. The van der Waals surface area contributed by atoms with E-state index in [0.29, 0.717) is 22.4 Å². The monoisotopic (exact) mass is 323 g/mol. The fourth-order valence-corrected chi connectivity index (χ4v) is 3.30. The predicted octanol–water partition coefficient (Wildman–Crippen LogP) is 5.78. The van der Waals surface area contributed by atoms with Crippen LogP contribution in [0, 0.1) is 0 Å². The average molecular weight is 324 g/mol. The molecular weight excluding hydrogens is 305 g/mol. The fourth-order valence-electron chi connectivity index (χ4n) is 1.93. The van der Waals surface area contributed by atoms with Crippen molar-refractivity contribution in [1.82, 2.24) is 0 Å². The van der Waals surface area contributed by atoms with E-state index in [9.17, 15) is 4.57 Å². The molecule has 5 heteroatoms. The third-order valence-corrected chi connectivity index (χ3v) is 4.44. The highest BCUT2D eigenvalue weighted by Gasteiger charge is 2.17. The van der Waals surface area contributed by atoms with Crippen LogP contribution in [0.3, 0.4) is 0 Å². The Morgan fingerprint density at radius 3 is 2.38 bits per heavy atom. The predicted molar refractivity (Wildman–Crippen MR) is 89.8 cm³/mol. The first-order chi connectivity index (χ1) is 9.85. The summed E-state index contributed by atoms with van der Waals surface area (Å²) in [5.74, 6) is 1.04. The van der Waals surface area contributed by atoms with Gasteiger partial charge in [0.25, 0.3) is 0 Å². The van der Waals surface area contributed by atoms with Gasteiger partial charge in [-0.15, -0.1) is 0 Å². The molecule has 0 aliphatic carbocycles. The molecule has 0 saturated carbocycles. The lowest BCUT2D eigenvalue weighted by atomic mass is 10.0. The van der Waals surface area contributed by atoms with Crippen LogP contribution in [0.5, 0.6) is 5.75 Å². The molecule has 0 aliphatic heterocycles. The maximum atomic E-state index is 12.5. The van der Waals surface area contributed by atoms with Gasteiger partial charge in [0.1, 0.15) is 5.75 Å². The third kappa shape index (κ3) is 4.80. The lowest BCUT2D eigenvalue weighted by Crippen LogP contribution is -2.02. The van der Waals surface area contributed by atoms with E-state index in [1.165, 1.54) is 5.56 Å². The van der Waals surface area contributed by atoms with Gasteiger partial charge in [0.05, 0.1) is 0 Å². The number of hydrogen-bond acceptors (Lipinski definition) is 2. The van der Waals surface area contributed by atoms with Crippen LogP contribution in [0.4, 0.5) is 5.69 Å². The molecule has 0 aromatic heterocycles.